The minimum atomic E-state index is -5.56. The van der Waals surface area contributed by atoms with Gasteiger partial charge >= 0.3 is 21.3 Å². The predicted octanol–water partition coefficient (Wildman–Crippen LogP) is 2.86. The van der Waals surface area contributed by atoms with Crippen molar-refractivity contribution < 1.29 is 31.3 Å². The van der Waals surface area contributed by atoms with Gasteiger partial charge in [-0.1, -0.05) is 33.6 Å². The first-order valence-corrected chi connectivity index (χ1v) is 7.95. The molecule has 120 valence electrons. The lowest BCUT2D eigenvalue weighted by Gasteiger charge is -2.20. The maximum Gasteiger partial charge on any atom is 0.402 e. The van der Waals surface area contributed by atoms with Gasteiger partial charge in [0, 0.05) is 6.42 Å². The van der Waals surface area contributed by atoms with Crippen LogP contribution in [0.3, 0.4) is 0 Å². The van der Waals surface area contributed by atoms with Gasteiger partial charge in [-0.25, -0.2) is 0 Å². The van der Waals surface area contributed by atoms with Gasteiger partial charge in [0.25, 0.3) is 0 Å². The van der Waals surface area contributed by atoms with Gasteiger partial charge in [0.2, 0.25) is 0 Å². The van der Waals surface area contributed by atoms with E-state index in [-0.39, 0.29) is 12.3 Å². The van der Waals surface area contributed by atoms with E-state index < -0.39 is 27.9 Å². The van der Waals surface area contributed by atoms with E-state index in [1.807, 2.05) is 20.8 Å². The molecule has 5 nitrogen and oxygen atoms in total. The minimum absolute atomic E-state index is 0.0512. The van der Waals surface area contributed by atoms with E-state index in [0.717, 1.165) is 12.8 Å². The van der Waals surface area contributed by atoms with Gasteiger partial charge in [0.15, 0.2) is 6.61 Å². The van der Waals surface area contributed by atoms with E-state index in [1.54, 1.807) is 0 Å². The number of alkyl halides is 2. The fourth-order valence-corrected chi connectivity index (χ4v) is 2.00. The molecular weight excluding hydrogens is 294 g/mol. The zero-order valence-corrected chi connectivity index (χ0v) is 12.8. The third-order valence-corrected chi connectivity index (χ3v) is 3.97. The molecule has 0 fully saturated rings. The Balaban J connectivity index is 4.25. The second-order valence-electron chi connectivity index (χ2n) is 5.10. The predicted molar refractivity (Wildman–Crippen MR) is 69.9 cm³/mol. The fraction of sp³-hybridized carbons (Fsp3) is 0.917. The van der Waals surface area contributed by atoms with Crippen molar-refractivity contribution in [3.8, 4) is 0 Å². The number of hydrogen-bond donors (Lipinski definition) is 1. The highest BCUT2D eigenvalue weighted by Gasteiger charge is 2.45. The summed E-state index contributed by atoms with van der Waals surface area (Å²) in [7, 11) is -5.56. The molecule has 0 aliphatic rings. The number of carbonyl (C=O) groups is 1. The molecule has 20 heavy (non-hydrogen) atoms. The van der Waals surface area contributed by atoms with Crippen LogP contribution in [0.25, 0.3) is 0 Å². The fourth-order valence-electron chi connectivity index (χ4n) is 1.80. The smallest absolute Gasteiger partial charge is 0.402 e. The molecule has 1 unspecified atom stereocenters. The van der Waals surface area contributed by atoms with Crippen LogP contribution in [-0.4, -0.2) is 30.8 Å². The molecule has 0 amide bonds. The first kappa shape index (κ1) is 19.2. The van der Waals surface area contributed by atoms with Crippen molar-refractivity contribution in [2.75, 3.05) is 6.61 Å². The van der Waals surface area contributed by atoms with Crippen molar-refractivity contribution in [2.24, 2.45) is 11.8 Å². The maximum absolute atomic E-state index is 12.8. The van der Waals surface area contributed by atoms with E-state index in [2.05, 4.69) is 4.74 Å². The summed E-state index contributed by atoms with van der Waals surface area (Å²) in [6.07, 6.45) is 2.33. The third-order valence-electron chi connectivity index (χ3n) is 3.10. The topological polar surface area (TPSA) is 80.7 Å². The number of halogens is 2. The van der Waals surface area contributed by atoms with Gasteiger partial charge in [-0.05, 0) is 18.3 Å². The highest BCUT2D eigenvalue weighted by atomic mass is 32.2. The molecular formula is C12H22F2O5S. The summed E-state index contributed by atoms with van der Waals surface area (Å²) in [6.45, 7) is 4.38. The van der Waals surface area contributed by atoms with Crippen LogP contribution in [0.2, 0.25) is 0 Å². The normalized spacial score (nSPS) is 14.3. The van der Waals surface area contributed by atoms with Gasteiger partial charge in [-0.15, -0.1) is 0 Å². The Kier molecular flexibility index (Phi) is 7.57. The monoisotopic (exact) mass is 316 g/mol. The Hall–Kier alpha value is -0.760. The summed E-state index contributed by atoms with van der Waals surface area (Å²) >= 11 is 0. The lowest BCUT2D eigenvalue weighted by atomic mass is 9.87. The quantitative estimate of drug-likeness (QED) is 0.522. The molecule has 0 aromatic heterocycles. The van der Waals surface area contributed by atoms with E-state index in [9.17, 15) is 22.0 Å². The van der Waals surface area contributed by atoms with Gasteiger partial charge in [-0.2, -0.15) is 17.2 Å². The molecule has 1 N–H and O–H groups in total. The summed E-state index contributed by atoms with van der Waals surface area (Å²) in [5, 5.41) is -4.47. The zero-order chi connectivity index (χ0) is 16.0. The van der Waals surface area contributed by atoms with Crippen LogP contribution in [0.1, 0.15) is 46.5 Å². The largest absolute Gasteiger partial charge is 0.458 e. The zero-order valence-electron chi connectivity index (χ0n) is 11.9. The number of hydrogen-bond acceptors (Lipinski definition) is 4. The van der Waals surface area contributed by atoms with Crippen molar-refractivity contribution in [1.82, 2.24) is 0 Å². The average Bonchev–Trinajstić information content (AvgIpc) is 2.30. The number of rotatable bonds is 9. The molecule has 0 bridgehead atoms. The van der Waals surface area contributed by atoms with Crippen molar-refractivity contribution in [3.63, 3.8) is 0 Å². The van der Waals surface area contributed by atoms with Crippen molar-refractivity contribution >= 4 is 16.1 Å². The molecule has 0 aromatic carbocycles. The first-order chi connectivity index (χ1) is 9.01. The van der Waals surface area contributed by atoms with E-state index in [4.69, 9.17) is 4.55 Å². The van der Waals surface area contributed by atoms with E-state index >= 15 is 0 Å². The Morgan fingerprint density at radius 3 is 2.25 bits per heavy atom. The molecule has 0 radical (unpaired) electrons. The summed E-state index contributed by atoms with van der Waals surface area (Å²) in [5.41, 5.74) is 0. The molecule has 0 spiro atoms. The second kappa shape index (κ2) is 7.87. The SMILES string of the molecule is CCCC(CCC(=O)OCC(F)(F)S(=O)(=O)O)C(C)C. The van der Waals surface area contributed by atoms with E-state index in [0.29, 0.717) is 12.3 Å². The van der Waals surface area contributed by atoms with Crippen LogP contribution < -0.4 is 0 Å². The summed E-state index contributed by atoms with van der Waals surface area (Å²) in [4.78, 5) is 11.3. The molecule has 0 aliphatic heterocycles. The minimum Gasteiger partial charge on any atom is -0.458 e. The van der Waals surface area contributed by atoms with Gasteiger partial charge in [-0.3, -0.25) is 9.35 Å². The van der Waals surface area contributed by atoms with Gasteiger partial charge < -0.3 is 4.74 Å². The van der Waals surface area contributed by atoms with Crippen LogP contribution in [0.4, 0.5) is 8.78 Å². The van der Waals surface area contributed by atoms with Gasteiger partial charge in [0.05, 0.1) is 0 Å². The summed E-state index contributed by atoms with van der Waals surface area (Å²) in [6, 6.07) is 0. The summed E-state index contributed by atoms with van der Waals surface area (Å²) in [5.74, 6) is -0.244. The highest BCUT2D eigenvalue weighted by Crippen LogP contribution is 2.24. The third kappa shape index (κ3) is 6.60. The number of esters is 1. The highest BCUT2D eigenvalue weighted by molar-refractivity contribution is 7.86. The summed E-state index contributed by atoms with van der Waals surface area (Å²) < 4.78 is 58.8. The molecule has 0 heterocycles. The van der Waals surface area contributed by atoms with Crippen molar-refractivity contribution in [2.45, 2.75) is 51.7 Å². The van der Waals surface area contributed by atoms with Crippen LogP contribution in [0.15, 0.2) is 0 Å². The molecule has 8 heteroatoms. The van der Waals surface area contributed by atoms with Crippen LogP contribution in [0, 0.1) is 11.8 Å². The van der Waals surface area contributed by atoms with Crippen LogP contribution in [0.5, 0.6) is 0 Å². The van der Waals surface area contributed by atoms with Crippen LogP contribution in [-0.2, 0) is 19.6 Å². The Morgan fingerprint density at radius 1 is 1.30 bits per heavy atom. The Morgan fingerprint density at radius 2 is 1.85 bits per heavy atom. The molecule has 1 atom stereocenters. The molecule has 0 saturated heterocycles. The van der Waals surface area contributed by atoms with Gasteiger partial charge in [0.1, 0.15) is 0 Å². The average molecular weight is 316 g/mol. The number of ether oxygens (including phenoxy) is 1. The molecule has 0 saturated carbocycles. The lowest BCUT2D eigenvalue weighted by molar-refractivity contribution is -0.150. The second-order valence-corrected chi connectivity index (χ2v) is 6.65. The van der Waals surface area contributed by atoms with Crippen molar-refractivity contribution in [3.05, 3.63) is 0 Å². The first-order valence-electron chi connectivity index (χ1n) is 6.51. The lowest BCUT2D eigenvalue weighted by Crippen LogP contribution is -2.34. The molecule has 0 aromatic rings. The van der Waals surface area contributed by atoms with Crippen LogP contribution >= 0.6 is 0 Å². The van der Waals surface area contributed by atoms with Crippen molar-refractivity contribution in [1.29, 1.82) is 0 Å². The maximum atomic E-state index is 12.8. The Bertz CT molecular complexity index is 406. The molecule has 0 rings (SSSR count). The number of carbonyl (C=O) groups excluding carboxylic acids is 1. The standard InChI is InChI=1S/C12H22F2O5S/c1-4-5-10(9(2)3)6-7-11(15)19-8-12(13,14)20(16,17)18/h9-10H,4-8H2,1-3H3,(H,16,17,18). The van der Waals surface area contributed by atoms with E-state index in [1.165, 1.54) is 0 Å². The Labute approximate surface area is 118 Å². The molecule has 0 aliphatic carbocycles.